The first-order valence-electron chi connectivity index (χ1n) is 17.9. The molecule has 0 amide bonds. The van der Waals surface area contributed by atoms with Crippen LogP contribution in [0.25, 0.3) is 115 Å². The zero-order valence-corrected chi connectivity index (χ0v) is 28.1. The molecule has 2 heterocycles. The van der Waals surface area contributed by atoms with E-state index in [0.717, 1.165) is 27.6 Å². The summed E-state index contributed by atoms with van der Waals surface area (Å²) in [6.45, 7) is 0. The maximum absolute atomic E-state index is 6.39. The van der Waals surface area contributed by atoms with E-state index < -0.39 is 0 Å². The van der Waals surface area contributed by atoms with Gasteiger partial charge < -0.3 is 8.98 Å². The highest BCUT2D eigenvalue weighted by molar-refractivity contribution is 6.28. The van der Waals surface area contributed by atoms with E-state index in [0.29, 0.717) is 0 Å². The lowest BCUT2D eigenvalue weighted by Crippen LogP contribution is -1.95. The molecule has 0 radical (unpaired) electrons. The van der Waals surface area contributed by atoms with E-state index in [9.17, 15) is 0 Å². The van der Waals surface area contributed by atoms with Gasteiger partial charge in [0.25, 0.3) is 0 Å². The smallest absolute Gasteiger partial charge is 0.137 e. The van der Waals surface area contributed by atoms with Crippen molar-refractivity contribution in [3.05, 3.63) is 176 Å². The first-order valence-corrected chi connectivity index (χ1v) is 17.9. The van der Waals surface area contributed by atoms with Crippen LogP contribution in [-0.4, -0.2) is 4.57 Å². The molecule has 10 aromatic carbocycles. The lowest BCUT2D eigenvalue weighted by molar-refractivity contribution is 0.669. The molecular formula is C50H29NO. The number of nitrogens with zero attached hydrogens (tertiary/aromatic N) is 1. The van der Waals surface area contributed by atoms with Gasteiger partial charge in [0.05, 0.1) is 16.4 Å². The van der Waals surface area contributed by atoms with Gasteiger partial charge in [-0.2, -0.15) is 0 Å². The van der Waals surface area contributed by atoms with E-state index in [2.05, 4.69) is 174 Å². The van der Waals surface area contributed by atoms with Gasteiger partial charge >= 0.3 is 0 Å². The lowest BCUT2D eigenvalue weighted by atomic mass is 9.86. The summed E-state index contributed by atoms with van der Waals surface area (Å²) in [5, 5.41) is 15.0. The summed E-state index contributed by atoms with van der Waals surface area (Å²) in [7, 11) is 0. The molecule has 0 bridgehead atoms. The van der Waals surface area contributed by atoms with Crippen molar-refractivity contribution >= 4 is 86.8 Å². The second-order valence-corrected chi connectivity index (χ2v) is 14.0. The fraction of sp³-hybridized carbons (Fsp3) is 0. The molecule has 0 N–H and O–H groups in total. The second kappa shape index (κ2) is 10.3. The van der Waals surface area contributed by atoms with E-state index in [4.69, 9.17) is 4.42 Å². The summed E-state index contributed by atoms with van der Waals surface area (Å²) in [5.41, 5.74) is 10.3. The minimum absolute atomic E-state index is 0.906. The van der Waals surface area contributed by atoms with Crippen LogP contribution in [0.1, 0.15) is 0 Å². The number of fused-ring (bicyclic) bond motifs is 8. The van der Waals surface area contributed by atoms with Crippen molar-refractivity contribution in [2.75, 3.05) is 0 Å². The summed E-state index contributed by atoms with van der Waals surface area (Å²) in [6.07, 6.45) is 0. The maximum atomic E-state index is 6.39. The molecule has 2 heteroatoms. The molecule has 0 saturated carbocycles. The van der Waals surface area contributed by atoms with Crippen LogP contribution in [0.15, 0.2) is 180 Å². The fourth-order valence-electron chi connectivity index (χ4n) is 9.09. The van der Waals surface area contributed by atoms with Gasteiger partial charge in [0.15, 0.2) is 0 Å². The molecule has 12 rings (SSSR count). The molecule has 0 spiro atoms. The zero-order chi connectivity index (χ0) is 33.9. The molecular weight excluding hydrogens is 631 g/mol. The van der Waals surface area contributed by atoms with Crippen molar-refractivity contribution in [2.24, 2.45) is 0 Å². The number of aromatic nitrogens is 1. The van der Waals surface area contributed by atoms with E-state index in [1.54, 1.807) is 0 Å². The Morgan fingerprint density at radius 2 is 0.981 bits per heavy atom. The summed E-state index contributed by atoms with van der Waals surface area (Å²) >= 11 is 0. The number of hydrogen-bond donors (Lipinski definition) is 0. The third-order valence-corrected chi connectivity index (χ3v) is 11.3. The molecule has 240 valence electrons. The maximum Gasteiger partial charge on any atom is 0.137 e. The van der Waals surface area contributed by atoms with Crippen LogP contribution in [0.5, 0.6) is 0 Å². The normalized spacial score (nSPS) is 12.2. The van der Waals surface area contributed by atoms with Crippen LogP contribution in [0.4, 0.5) is 0 Å². The number of para-hydroxylation sites is 2. The Labute approximate surface area is 298 Å². The van der Waals surface area contributed by atoms with Gasteiger partial charge in [-0.25, -0.2) is 0 Å². The Morgan fingerprint density at radius 1 is 0.346 bits per heavy atom. The Hall–Kier alpha value is -6.90. The lowest BCUT2D eigenvalue weighted by Gasteiger charge is -2.18. The Bertz CT molecular complexity index is 3410. The number of hydrogen-bond acceptors (Lipinski definition) is 1. The summed E-state index contributed by atoms with van der Waals surface area (Å²) in [4.78, 5) is 0. The quantitative estimate of drug-likeness (QED) is 0.173. The molecule has 0 saturated heterocycles. The van der Waals surface area contributed by atoms with Crippen molar-refractivity contribution in [3.8, 4) is 27.9 Å². The van der Waals surface area contributed by atoms with Gasteiger partial charge in [-0.05, 0) is 102 Å². The molecule has 2 nitrogen and oxygen atoms in total. The van der Waals surface area contributed by atoms with E-state index in [1.807, 2.05) is 6.07 Å². The Morgan fingerprint density at radius 3 is 1.85 bits per heavy atom. The minimum Gasteiger partial charge on any atom is -0.456 e. The van der Waals surface area contributed by atoms with Crippen molar-refractivity contribution < 1.29 is 4.42 Å². The molecule has 0 atom stereocenters. The predicted molar refractivity (Wildman–Crippen MR) is 220 cm³/mol. The summed E-state index contributed by atoms with van der Waals surface area (Å²) < 4.78 is 8.82. The molecule has 52 heavy (non-hydrogen) atoms. The molecule has 12 aromatic rings. The first kappa shape index (κ1) is 27.9. The minimum atomic E-state index is 0.906. The second-order valence-electron chi connectivity index (χ2n) is 14.0. The van der Waals surface area contributed by atoms with Gasteiger partial charge in [0, 0.05) is 21.8 Å². The van der Waals surface area contributed by atoms with Crippen molar-refractivity contribution in [3.63, 3.8) is 0 Å². The van der Waals surface area contributed by atoms with Gasteiger partial charge in [0.1, 0.15) is 11.2 Å². The van der Waals surface area contributed by atoms with Crippen LogP contribution in [-0.2, 0) is 0 Å². The summed E-state index contributed by atoms with van der Waals surface area (Å²) in [6, 6.07) is 64.4. The van der Waals surface area contributed by atoms with Crippen molar-refractivity contribution in [1.29, 1.82) is 0 Å². The standard InChI is InChI=1S/C50H29NO/c1-2-13-35-30(9-1)10-8-16-37(35)38-24-20-32-21-25-40-36(23-19-31-22-26-41(38)48(32)47(31)40)33-11-7-12-34(29-33)51-44-17-5-3-14-39(44)42-27-28-46-49(50(42)51)43-15-4-6-18-45(43)52-46/h1-29H. The molecule has 0 aliphatic rings. The third-order valence-electron chi connectivity index (χ3n) is 11.3. The zero-order valence-electron chi connectivity index (χ0n) is 28.1. The summed E-state index contributed by atoms with van der Waals surface area (Å²) in [5.74, 6) is 0. The number of rotatable bonds is 3. The van der Waals surface area contributed by atoms with E-state index in [-0.39, 0.29) is 0 Å². The van der Waals surface area contributed by atoms with Crippen LogP contribution in [0, 0.1) is 0 Å². The topological polar surface area (TPSA) is 18.1 Å². The average Bonchev–Trinajstić information content (AvgIpc) is 3.75. The molecule has 0 unspecified atom stereocenters. The van der Waals surface area contributed by atoms with Crippen LogP contribution in [0.3, 0.4) is 0 Å². The largest absolute Gasteiger partial charge is 0.456 e. The monoisotopic (exact) mass is 659 g/mol. The van der Waals surface area contributed by atoms with E-state index in [1.165, 1.54) is 87.1 Å². The van der Waals surface area contributed by atoms with Gasteiger partial charge in [-0.1, -0.05) is 140 Å². The molecule has 0 aliphatic carbocycles. The highest BCUT2D eigenvalue weighted by Gasteiger charge is 2.20. The van der Waals surface area contributed by atoms with Gasteiger partial charge in [-0.15, -0.1) is 0 Å². The highest BCUT2D eigenvalue weighted by Crippen LogP contribution is 2.45. The fourth-order valence-corrected chi connectivity index (χ4v) is 9.09. The van der Waals surface area contributed by atoms with Crippen molar-refractivity contribution in [1.82, 2.24) is 4.57 Å². The molecule has 0 aliphatic heterocycles. The Balaban J connectivity index is 1.11. The predicted octanol–water partition coefficient (Wildman–Crippen LogP) is 14.1. The third kappa shape index (κ3) is 3.73. The average molecular weight is 660 g/mol. The Kier molecular flexibility index (Phi) is 5.53. The molecule has 2 aromatic heterocycles. The number of furan rings is 1. The van der Waals surface area contributed by atoms with Gasteiger partial charge in [-0.3, -0.25) is 0 Å². The number of benzene rings is 10. The van der Waals surface area contributed by atoms with Crippen LogP contribution >= 0.6 is 0 Å². The van der Waals surface area contributed by atoms with Gasteiger partial charge in [0.2, 0.25) is 0 Å². The van der Waals surface area contributed by atoms with Crippen LogP contribution < -0.4 is 0 Å². The molecule has 0 fully saturated rings. The van der Waals surface area contributed by atoms with E-state index >= 15 is 0 Å². The van der Waals surface area contributed by atoms with Crippen LogP contribution in [0.2, 0.25) is 0 Å². The first-order chi connectivity index (χ1) is 25.8. The highest BCUT2D eigenvalue weighted by atomic mass is 16.3. The van der Waals surface area contributed by atoms with Crippen molar-refractivity contribution in [2.45, 2.75) is 0 Å². The SMILES string of the molecule is c1cc(-c2ccc3ccc4c(-c5cccc6ccccc56)ccc5ccc2c3c54)cc(-n2c3ccccc3c3ccc4oc5ccccc5c4c32)c1.